The van der Waals surface area contributed by atoms with E-state index in [0.717, 1.165) is 22.3 Å². The van der Waals surface area contributed by atoms with Gasteiger partial charge in [0.25, 0.3) is 0 Å². The second kappa shape index (κ2) is 4.55. The first-order valence-corrected chi connectivity index (χ1v) is 7.12. The quantitative estimate of drug-likeness (QED) is 0.903. The van der Waals surface area contributed by atoms with Gasteiger partial charge >= 0.3 is 0 Å². The number of hydrogen-bond donors (Lipinski definition) is 1. The van der Waals surface area contributed by atoms with Gasteiger partial charge in [-0.25, -0.2) is 13.6 Å². The zero-order chi connectivity index (χ0) is 13.3. The summed E-state index contributed by atoms with van der Waals surface area (Å²) in [5.41, 5.74) is 4.14. The highest BCUT2D eigenvalue weighted by Crippen LogP contribution is 2.24. The van der Waals surface area contributed by atoms with E-state index >= 15 is 0 Å². The Balaban J connectivity index is 2.58. The van der Waals surface area contributed by atoms with Crippen molar-refractivity contribution < 1.29 is 8.42 Å². The van der Waals surface area contributed by atoms with E-state index in [1.54, 1.807) is 12.1 Å². The molecule has 94 valence electrons. The summed E-state index contributed by atoms with van der Waals surface area (Å²) in [6, 6.07) is 12.8. The molecule has 0 unspecified atom stereocenters. The molecule has 2 rings (SSSR count). The zero-order valence-electron chi connectivity index (χ0n) is 10.3. The fraction of sp³-hybridized carbons (Fsp3) is 0.143. The molecule has 2 aromatic carbocycles. The summed E-state index contributed by atoms with van der Waals surface area (Å²) in [7, 11) is -3.65. The second-order valence-corrected chi connectivity index (χ2v) is 6.01. The van der Waals surface area contributed by atoms with Gasteiger partial charge in [-0.3, -0.25) is 0 Å². The topological polar surface area (TPSA) is 60.2 Å². The molecule has 0 aliphatic heterocycles. The van der Waals surface area contributed by atoms with Gasteiger partial charge in [-0.1, -0.05) is 41.5 Å². The van der Waals surface area contributed by atoms with Crippen LogP contribution in [0.1, 0.15) is 11.1 Å². The van der Waals surface area contributed by atoms with Crippen LogP contribution in [0.25, 0.3) is 11.1 Å². The maximum absolute atomic E-state index is 11.3. The molecule has 0 fully saturated rings. The Morgan fingerprint density at radius 1 is 0.889 bits per heavy atom. The summed E-state index contributed by atoms with van der Waals surface area (Å²) in [5, 5.41) is 5.14. The van der Waals surface area contributed by atoms with E-state index in [-0.39, 0.29) is 4.90 Å². The number of hydrogen-bond acceptors (Lipinski definition) is 2. The average Bonchev–Trinajstić information content (AvgIpc) is 2.27. The van der Waals surface area contributed by atoms with Crippen molar-refractivity contribution in [1.82, 2.24) is 0 Å². The molecule has 0 bridgehead atoms. The molecule has 0 saturated heterocycles. The SMILES string of the molecule is Cc1cc(C)cc(-c2cccc(S(N)(=O)=O)c2)c1. The average molecular weight is 261 g/mol. The fourth-order valence-electron chi connectivity index (χ4n) is 1.99. The van der Waals surface area contributed by atoms with E-state index in [9.17, 15) is 8.42 Å². The minimum absolute atomic E-state index is 0.138. The number of sulfonamides is 1. The molecule has 0 spiro atoms. The molecule has 0 amide bonds. The van der Waals surface area contributed by atoms with E-state index < -0.39 is 10.0 Å². The summed E-state index contributed by atoms with van der Waals surface area (Å²) in [4.78, 5) is 0.138. The normalized spacial score (nSPS) is 11.5. The van der Waals surface area contributed by atoms with Crippen molar-refractivity contribution in [3.63, 3.8) is 0 Å². The van der Waals surface area contributed by atoms with Crippen LogP contribution in [0, 0.1) is 13.8 Å². The Kier molecular flexibility index (Phi) is 3.24. The Hall–Kier alpha value is -1.65. The molecule has 0 aliphatic carbocycles. The first kappa shape index (κ1) is 12.8. The van der Waals surface area contributed by atoms with Crippen molar-refractivity contribution in [2.75, 3.05) is 0 Å². The van der Waals surface area contributed by atoms with E-state index in [1.807, 2.05) is 32.0 Å². The first-order valence-electron chi connectivity index (χ1n) is 5.58. The van der Waals surface area contributed by atoms with Gasteiger partial charge in [0.2, 0.25) is 10.0 Å². The third kappa shape index (κ3) is 2.78. The Morgan fingerprint density at radius 3 is 2.06 bits per heavy atom. The number of nitrogens with two attached hydrogens (primary N) is 1. The van der Waals surface area contributed by atoms with Gasteiger partial charge in [-0.2, -0.15) is 0 Å². The van der Waals surface area contributed by atoms with Crippen LogP contribution in [-0.2, 0) is 10.0 Å². The van der Waals surface area contributed by atoms with Crippen LogP contribution >= 0.6 is 0 Å². The highest BCUT2D eigenvalue weighted by atomic mass is 32.2. The Bertz CT molecular complexity index is 670. The lowest BCUT2D eigenvalue weighted by Crippen LogP contribution is -2.11. The van der Waals surface area contributed by atoms with Crippen molar-refractivity contribution in [3.05, 3.63) is 53.6 Å². The van der Waals surface area contributed by atoms with Gasteiger partial charge in [-0.15, -0.1) is 0 Å². The predicted molar refractivity (Wildman–Crippen MR) is 72.7 cm³/mol. The van der Waals surface area contributed by atoms with Crippen LogP contribution in [0.4, 0.5) is 0 Å². The predicted octanol–water partition coefficient (Wildman–Crippen LogP) is 2.62. The van der Waals surface area contributed by atoms with E-state index in [4.69, 9.17) is 5.14 Å². The molecule has 2 aromatic rings. The van der Waals surface area contributed by atoms with E-state index in [0.29, 0.717) is 0 Å². The lowest BCUT2D eigenvalue weighted by Gasteiger charge is -2.07. The van der Waals surface area contributed by atoms with Crippen molar-refractivity contribution in [1.29, 1.82) is 0 Å². The summed E-state index contributed by atoms with van der Waals surface area (Å²) < 4.78 is 22.7. The van der Waals surface area contributed by atoms with Crippen LogP contribution in [0.3, 0.4) is 0 Å². The number of rotatable bonds is 2. The van der Waals surface area contributed by atoms with Crippen LogP contribution in [-0.4, -0.2) is 8.42 Å². The minimum atomic E-state index is -3.65. The molecule has 0 radical (unpaired) electrons. The largest absolute Gasteiger partial charge is 0.238 e. The molecule has 3 nitrogen and oxygen atoms in total. The fourth-order valence-corrected chi connectivity index (χ4v) is 2.55. The molecular weight excluding hydrogens is 246 g/mol. The van der Waals surface area contributed by atoms with Gasteiger partial charge in [-0.05, 0) is 37.1 Å². The zero-order valence-corrected chi connectivity index (χ0v) is 11.2. The van der Waals surface area contributed by atoms with Crippen LogP contribution in [0.5, 0.6) is 0 Å². The monoisotopic (exact) mass is 261 g/mol. The first-order chi connectivity index (χ1) is 8.36. The van der Waals surface area contributed by atoms with Crippen molar-refractivity contribution in [2.24, 2.45) is 5.14 Å². The molecule has 0 aromatic heterocycles. The van der Waals surface area contributed by atoms with Gasteiger partial charge in [0.15, 0.2) is 0 Å². The molecule has 0 aliphatic rings. The molecule has 4 heteroatoms. The maximum atomic E-state index is 11.3. The third-order valence-corrected chi connectivity index (χ3v) is 3.63. The van der Waals surface area contributed by atoms with Gasteiger partial charge in [0, 0.05) is 0 Å². The highest BCUT2D eigenvalue weighted by Gasteiger charge is 2.09. The standard InChI is InChI=1S/C14H15NO2S/c1-10-6-11(2)8-13(7-10)12-4-3-5-14(9-12)18(15,16)17/h3-9H,1-2H3,(H2,15,16,17). The Morgan fingerprint density at radius 2 is 1.50 bits per heavy atom. The molecule has 0 atom stereocenters. The van der Waals surface area contributed by atoms with Gasteiger partial charge in [0.1, 0.15) is 0 Å². The summed E-state index contributed by atoms with van der Waals surface area (Å²) in [6.07, 6.45) is 0. The second-order valence-electron chi connectivity index (χ2n) is 4.45. The highest BCUT2D eigenvalue weighted by molar-refractivity contribution is 7.89. The van der Waals surface area contributed by atoms with Crippen molar-refractivity contribution in [2.45, 2.75) is 18.7 Å². The minimum Gasteiger partial charge on any atom is -0.225 e. The molecule has 0 heterocycles. The number of primary sulfonamides is 1. The Labute approximate surface area is 107 Å². The van der Waals surface area contributed by atoms with Crippen LogP contribution in [0.2, 0.25) is 0 Å². The van der Waals surface area contributed by atoms with Crippen LogP contribution in [0.15, 0.2) is 47.4 Å². The summed E-state index contributed by atoms with van der Waals surface area (Å²) >= 11 is 0. The number of aryl methyl sites for hydroxylation is 2. The number of benzene rings is 2. The summed E-state index contributed by atoms with van der Waals surface area (Å²) in [5.74, 6) is 0. The van der Waals surface area contributed by atoms with Crippen molar-refractivity contribution >= 4 is 10.0 Å². The molecular formula is C14H15NO2S. The van der Waals surface area contributed by atoms with E-state index in [2.05, 4.69) is 6.07 Å². The van der Waals surface area contributed by atoms with Gasteiger partial charge in [0.05, 0.1) is 4.90 Å². The molecule has 0 saturated carbocycles. The van der Waals surface area contributed by atoms with Gasteiger partial charge < -0.3 is 0 Å². The van der Waals surface area contributed by atoms with Crippen molar-refractivity contribution in [3.8, 4) is 11.1 Å². The molecule has 2 N–H and O–H groups in total. The third-order valence-electron chi connectivity index (χ3n) is 2.72. The maximum Gasteiger partial charge on any atom is 0.238 e. The lowest BCUT2D eigenvalue weighted by atomic mass is 10.0. The smallest absolute Gasteiger partial charge is 0.225 e. The summed E-state index contributed by atoms with van der Waals surface area (Å²) in [6.45, 7) is 4.03. The molecule has 18 heavy (non-hydrogen) atoms. The van der Waals surface area contributed by atoms with Crippen LogP contribution < -0.4 is 5.14 Å². The lowest BCUT2D eigenvalue weighted by molar-refractivity contribution is 0.598. The van der Waals surface area contributed by atoms with E-state index in [1.165, 1.54) is 6.07 Å².